The first-order valence-corrected chi connectivity index (χ1v) is 12.2. The third kappa shape index (κ3) is 4.52. The van der Waals surface area contributed by atoms with Crippen molar-refractivity contribution < 1.29 is 18.7 Å². The van der Waals surface area contributed by atoms with Gasteiger partial charge in [0.05, 0.1) is 35.8 Å². The van der Waals surface area contributed by atoms with E-state index in [1.165, 1.54) is 18.3 Å². The van der Waals surface area contributed by atoms with Crippen molar-refractivity contribution in [3.8, 4) is 22.3 Å². The van der Waals surface area contributed by atoms with Gasteiger partial charge in [0.15, 0.2) is 0 Å². The molecule has 0 saturated carbocycles. The number of rotatable bonds is 4. The molecule has 4 aromatic rings. The van der Waals surface area contributed by atoms with Crippen LogP contribution in [0.4, 0.5) is 14.5 Å². The van der Waals surface area contributed by atoms with Crippen LogP contribution in [-0.2, 0) is 4.74 Å². The Morgan fingerprint density at radius 2 is 1.92 bits per heavy atom. The molecule has 6 rings (SSSR count). The monoisotopic (exact) mass is 501 g/mol. The van der Waals surface area contributed by atoms with E-state index in [1.54, 1.807) is 12.4 Å². The summed E-state index contributed by atoms with van der Waals surface area (Å²) in [7, 11) is 0. The van der Waals surface area contributed by atoms with Gasteiger partial charge < -0.3 is 20.2 Å². The quantitative estimate of drug-likeness (QED) is 0.241. The number of piperidine rings is 1. The van der Waals surface area contributed by atoms with Gasteiger partial charge in [-0.2, -0.15) is 0 Å². The Hall–Kier alpha value is -3.95. The summed E-state index contributed by atoms with van der Waals surface area (Å²) in [4.78, 5) is 11.2. The molecule has 2 aromatic carbocycles. The fourth-order valence-corrected chi connectivity index (χ4v) is 5.40. The van der Waals surface area contributed by atoms with Crippen molar-refractivity contribution in [1.82, 2.24) is 15.3 Å². The zero-order valence-corrected chi connectivity index (χ0v) is 19.9. The highest BCUT2D eigenvalue weighted by Crippen LogP contribution is 2.40. The van der Waals surface area contributed by atoms with E-state index in [0.29, 0.717) is 30.0 Å². The molecule has 0 spiro atoms. The van der Waals surface area contributed by atoms with Crippen LogP contribution in [0.1, 0.15) is 12.1 Å². The molecule has 4 heterocycles. The number of hydrogen-bond donors (Lipinski definition) is 2. The van der Waals surface area contributed by atoms with Crippen LogP contribution >= 0.6 is 0 Å². The zero-order valence-electron chi connectivity index (χ0n) is 19.9. The topological polar surface area (TPSA) is 82.9 Å². The van der Waals surface area contributed by atoms with Crippen LogP contribution in [0.3, 0.4) is 0 Å². The predicted molar refractivity (Wildman–Crippen MR) is 138 cm³/mol. The van der Waals surface area contributed by atoms with Crippen molar-refractivity contribution in [3.63, 3.8) is 0 Å². The Bertz CT molecular complexity index is 1470. The van der Waals surface area contributed by atoms with E-state index >= 15 is 0 Å². The first kappa shape index (κ1) is 23.4. The Labute approximate surface area is 212 Å². The van der Waals surface area contributed by atoms with Crippen molar-refractivity contribution in [2.24, 2.45) is 5.16 Å². The highest BCUT2D eigenvalue weighted by atomic mass is 19.1. The minimum absolute atomic E-state index is 0.0108. The minimum Gasteiger partial charge on any atom is -0.411 e. The van der Waals surface area contributed by atoms with Crippen molar-refractivity contribution in [3.05, 3.63) is 78.3 Å². The normalized spacial score (nSPS) is 19.9. The molecule has 0 aliphatic carbocycles. The zero-order chi connectivity index (χ0) is 25.4. The second-order valence-corrected chi connectivity index (χ2v) is 9.30. The first-order valence-electron chi connectivity index (χ1n) is 12.2. The summed E-state index contributed by atoms with van der Waals surface area (Å²) in [6.45, 7) is 2.87. The van der Waals surface area contributed by atoms with Gasteiger partial charge in [0.25, 0.3) is 0 Å². The van der Waals surface area contributed by atoms with E-state index in [2.05, 4.69) is 25.3 Å². The number of nitrogens with one attached hydrogen (secondary N) is 1. The number of ether oxygens (including phenoxy) is 1. The van der Waals surface area contributed by atoms with E-state index in [0.717, 1.165) is 53.3 Å². The second-order valence-electron chi connectivity index (χ2n) is 9.30. The molecule has 2 saturated heterocycles. The number of pyridine rings is 2. The van der Waals surface area contributed by atoms with Crippen LogP contribution in [0.15, 0.2) is 66.1 Å². The lowest BCUT2D eigenvalue weighted by Gasteiger charge is -2.43. The number of halogens is 2. The summed E-state index contributed by atoms with van der Waals surface area (Å²) < 4.78 is 34.6. The largest absolute Gasteiger partial charge is 0.411 e. The Balaban J connectivity index is 1.55. The van der Waals surface area contributed by atoms with Gasteiger partial charge in [-0.05, 0) is 47.9 Å². The van der Waals surface area contributed by atoms with Crippen LogP contribution in [0.5, 0.6) is 0 Å². The van der Waals surface area contributed by atoms with Crippen LogP contribution < -0.4 is 10.2 Å². The average Bonchev–Trinajstić information content (AvgIpc) is 2.92. The van der Waals surface area contributed by atoms with E-state index in [1.807, 2.05) is 30.3 Å². The molecule has 2 aromatic heterocycles. The molecule has 2 aliphatic rings. The average molecular weight is 502 g/mol. The molecule has 188 valence electrons. The van der Waals surface area contributed by atoms with E-state index in [4.69, 9.17) is 9.94 Å². The number of anilines is 1. The fraction of sp³-hybridized carbons (Fsp3) is 0.250. The van der Waals surface area contributed by atoms with Crippen molar-refractivity contribution in [2.45, 2.75) is 18.6 Å². The maximum absolute atomic E-state index is 14.3. The number of fused-ring (bicyclic) bond motifs is 2. The van der Waals surface area contributed by atoms with Gasteiger partial charge in [-0.25, -0.2) is 8.78 Å². The van der Waals surface area contributed by atoms with Crippen molar-refractivity contribution >= 4 is 22.8 Å². The molecule has 9 heteroatoms. The number of morpholine rings is 1. The van der Waals surface area contributed by atoms with Gasteiger partial charge in [0.1, 0.15) is 11.6 Å². The molecule has 2 fully saturated rings. The highest BCUT2D eigenvalue weighted by molar-refractivity contribution is 6.02. The van der Waals surface area contributed by atoms with E-state index in [-0.39, 0.29) is 12.1 Å². The molecule has 37 heavy (non-hydrogen) atoms. The molecule has 2 aliphatic heterocycles. The maximum atomic E-state index is 14.3. The Morgan fingerprint density at radius 3 is 2.76 bits per heavy atom. The molecule has 2 unspecified atom stereocenters. The van der Waals surface area contributed by atoms with Gasteiger partial charge in [0.2, 0.25) is 0 Å². The molecular weight excluding hydrogens is 476 g/mol. The third-order valence-electron chi connectivity index (χ3n) is 7.06. The molecule has 7 nitrogen and oxygen atoms in total. The standard InChI is InChI=1S/C28H25F2N5O2/c29-19-10-18(11-20(30)13-19)23-14-33-24-4-3-17(21-2-1-6-31-26(21)15-34-36)12-22(24)28(23)35-8-5-25-27(16-35)37-9-7-32-25/h1-4,6,10-15,25,27,32,36H,5,7-9,16H2. The van der Waals surface area contributed by atoms with Crippen molar-refractivity contribution in [1.29, 1.82) is 0 Å². The summed E-state index contributed by atoms with van der Waals surface area (Å²) in [5.74, 6) is -1.28. The minimum atomic E-state index is -0.642. The van der Waals surface area contributed by atoms with Crippen molar-refractivity contribution in [2.75, 3.05) is 31.1 Å². The number of hydrogen-bond acceptors (Lipinski definition) is 7. The fourth-order valence-electron chi connectivity index (χ4n) is 5.40. The van der Waals surface area contributed by atoms with Gasteiger partial charge in [-0.3, -0.25) is 9.97 Å². The molecular formula is C28H25F2N5O2. The number of nitrogens with zero attached hydrogens (tertiary/aromatic N) is 4. The predicted octanol–water partition coefficient (Wildman–Crippen LogP) is 4.62. The van der Waals surface area contributed by atoms with Gasteiger partial charge >= 0.3 is 0 Å². The maximum Gasteiger partial charge on any atom is 0.126 e. The summed E-state index contributed by atoms with van der Waals surface area (Å²) in [5, 5.41) is 16.7. The van der Waals surface area contributed by atoms with Crippen LogP contribution in [-0.4, -0.2) is 59.8 Å². The highest BCUT2D eigenvalue weighted by Gasteiger charge is 2.33. The Kier molecular flexibility index (Phi) is 6.23. The SMILES string of the molecule is ON=Cc1ncccc1-c1ccc2ncc(-c3cc(F)cc(F)c3)c(N3CCC4NCCOC4C3)c2c1. The van der Waals surface area contributed by atoms with Crippen LogP contribution in [0.25, 0.3) is 33.2 Å². The summed E-state index contributed by atoms with van der Waals surface area (Å²) in [5.41, 5.74) is 4.83. The molecule has 0 radical (unpaired) electrons. The lowest BCUT2D eigenvalue weighted by atomic mass is 9.94. The lowest BCUT2D eigenvalue weighted by molar-refractivity contribution is -0.00896. The van der Waals surface area contributed by atoms with E-state index in [9.17, 15) is 8.78 Å². The second kappa shape index (κ2) is 9.84. The van der Waals surface area contributed by atoms with Crippen LogP contribution in [0, 0.1) is 11.6 Å². The smallest absolute Gasteiger partial charge is 0.126 e. The number of aromatic nitrogens is 2. The summed E-state index contributed by atoms with van der Waals surface area (Å²) in [6, 6.07) is 13.4. The molecule has 2 N–H and O–H groups in total. The lowest BCUT2D eigenvalue weighted by Crippen LogP contribution is -2.57. The van der Waals surface area contributed by atoms with Crippen LogP contribution in [0.2, 0.25) is 0 Å². The first-order chi connectivity index (χ1) is 18.1. The number of oxime groups is 1. The third-order valence-corrected chi connectivity index (χ3v) is 7.06. The number of benzene rings is 2. The van der Waals surface area contributed by atoms with Gasteiger partial charge in [-0.15, -0.1) is 0 Å². The molecule has 0 bridgehead atoms. The Morgan fingerprint density at radius 1 is 1.05 bits per heavy atom. The van der Waals surface area contributed by atoms with E-state index < -0.39 is 11.6 Å². The summed E-state index contributed by atoms with van der Waals surface area (Å²) in [6.07, 6.45) is 5.50. The molecule has 2 atom stereocenters. The summed E-state index contributed by atoms with van der Waals surface area (Å²) >= 11 is 0. The van der Waals surface area contributed by atoms with Gasteiger partial charge in [0, 0.05) is 60.6 Å². The van der Waals surface area contributed by atoms with Gasteiger partial charge in [-0.1, -0.05) is 17.3 Å². The molecule has 0 amide bonds.